The number of hydrogen-bond donors (Lipinski definition) is 2. The summed E-state index contributed by atoms with van der Waals surface area (Å²) < 4.78 is 18.7. The van der Waals surface area contributed by atoms with Crippen molar-refractivity contribution >= 4 is 11.7 Å². The average molecular weight is 239 g/mol. The average Bonchev–Trinajstić information content (AvgIpc) is 2.70. The Bertz CT molecular complexity index is 473. The number of nitrogen functional groups attached to an aromatic ring is 1. The Balaban J connectivity index is 2.28. The van der Waals surface area contributed by atoms with Gasteiger partial charge in [-0.05, 0) is 37.0 Å². The van der Waals surface area contributed by atoms with E-state index in [0.717, 1.165) is 0 Å². The Morgan fingerprint density at radius 2 is 2.35 bits per heavy atom. The second kappa shape index (κ2) is 4.24. The van der Waals surface area contributed by atoms with Crippen LogP contribution in [0.2, 0.25) is 0 Å². The van der Waals surface area contributed by atoms with Crippen molar-refractivity contribution in [2.24, 2.45) is 5.92 Å². The first-order chi connectivity index (χ1) is 8.04. The van der Waals surface area contributed by atoms with Gasteiger partial charge in [0.2, 0.25) is 0 Å². The summed E-state index contributed by atoms with van der Waals surface area (Å²) in [5.41, 5.74) is 6.18. The van der Waals surface area contributed by atoms with Crippen LogP contribution < -0.4 is 5.73 Å². The Kier molecular flexibility index (Phi) is 2.92. The fraction of sp³-hybridized carbons (Fsp3) is 0.417. The molecular weight excluding hydrogens is 225 g/mol. The normalized spacial score (nSPS) is 17.9. The van der Waals surface area contributed by atoms with Gasteiger partial charge >= 0.3 is 5.97 Å². The van der Waals surface area contributed by atoms with Gasteiger partial charge in [-0.25, -0.2) is 4.39 Å². The van der Waals surface area contributed by atoms with Gasteiger partial charge < -0.3 is 15.6 Å². The Morgan fingerprint density at radius 1 is 1.65 bits per heavy atom. The predicted octanol–water partition coefficient (Wildman–Crippen LogP) is 1.39. The molecule has 3 N–H and O–H groups in total. The highest BCUT2D eigenvalue weighted by atomic mass is 19.1. The number of carbonyl (C=O) groups is 1. The molecule has 1 aliphatic carbocycles. The summed E-state index contributed by atoms with van der Waals surface area (Å²) in [6, 6.07) is 1.42. The summed E-state index contributed by atoms with van der Waals surface area (Å²) in [4.78, 5) is 11.6. The van der Waals surface area contributed by atoms with Crippen LogP contribution in [-0.4, -0.2) is 17.7 Å². The largest absolute Gasteiger partial charge is 0.506 e. The molecule has 1 atom stereocenters. The van der Waals surface area contributed by atoms with E-state index in [1.165, 1.54) is 6.07 Å². The number of rotatable bonds is 2. The molecule has 0 radical (unpaired) electrons. The standard InChI is InChI=1S/C12H14FNO3/c1-2-17-12(16)7-3-6-5-9(15)11(14)10(13)8(6)4-7/h5,7,15H,2-4,14H2,1H3. The Labute approximate surface area is 98.2 Å². The van der Waals surface area contributed by atoms with Crippen LogP contribution in [0.15, 0.2) is 6.07 Å². The summed E-state index contributed by atoms with van der Waals surface area (Å²) >= 11 is 0. The SMILES string of the molecule is CCOC(=O)C1Cc2cc(O)c(N)c(F)c2C1. The van der Waals surface area contributed by atoms with E-state index in [4.69, 9.17) is 10.5 Å². The number of hydrogen-bond acceptors (Lipinski definition) is 4. The van der Waals surface area contributed by atoms with Gasteiger partial charge in [-0.1, -0.05) is 0 Å². The lowest BCUT2D eigenvalue weighted by Gasteiger charge is -2.07. The van der Waals surface area contributed by atoms with Crippen LogP contribution in [0.4, 0.5) is 10.1 Å². The molecule has 5 heteroatoms. The third kappa shape index (κ3) is 1.92. The monoisotopic (exact) mass is 239 g/mol. The fourth-order valence-electron chi connectivity index (χ4n) is 2.16. The van der Waals surface area contributed by atoms with Crippen LogP contribution in [0.25, 0.3) is 0 Å². The molecule has 17 heavy (non-hydrogen) atoms. The molecule has 92 valence electrons. The van der Waals surface area contributed by atoms with Crippen molar-refractivity contribution in [3.05, 3.63) is 23.0 Å². The molecule has 4 nitrogen and oxygen atoms in total. The quantitative estimate of drug-likeness (QED) is 0.464. The zero-order valence-corrected chi connectivity index (χ0v) is 9.50. The van der Waals surface area contributed by atoms with Crippen LogP contribution in [-0.2, 0) is 22.4 Å². The first-order valence-electron chi connectivity index (χ1n) is 5.49. The minimum Gasteiger partial charge on any atom is -0.506 e. The van der Waals surface area contributed by atoms with Gasteiger partial charge in [-0.3, -0.25) is 4.79 Å². The van der Waals surface area contributed by atoms with Crippen molar-refractivity contribution in [2.45, 2.75) is 19.8 Å². The molecule has 1 aromatic carbocycles. The van der Waals surface area contributed by atoms with Gasteiger partial charge in [0.1, 0.15) is 11.4 Å². The maximum absolute atomic E-state index is 13.7. The molecule has 0 aliphatic heterocycles. The first kappa shape index (κ1) is 11.7. The topological polar surface area (TPSA) is 72.5 Å². The van der Waals surface area contributed by atoms with Crippen LogP contribution in [0.1, 0.15) is 18.1 Å². The fourth-order valence-corrected chi connectivity index (χ4v) is 2.16. The number of anilines is 1. The van der Waals surface area contributed by atoms with Crippen molar-refractivity contribution in [2.75, 3.05) is 12.3 Å². The number of halogens is 1. The van der Waals surface area contributed by atoms with Crippen LogP contribution >= 0.6 is 0 Å². The molecule has 0 bridgehead atoms. The van der Waals surface area contributed by atoms with E-state index in [1.54, 1.807) is 6.92 Å². The van der Waals surface area contributed by atoms with Crippen molar-refractivity contribution in [3.63, 3.8) is 0 Å². The molecular formula is C12H14FNO3. The number of esters is 1. The van der Waals surface area contributed by atoms with E-state index in [2.05, 4.69) is 0 Å². The Hall–Kier alpha value is -1.78. The first-order valence-corrected chi connectivity index (χ1v) is 5.49. The summed E-state index contributed by atoms with van der Waals surface area (Å²) in [6.07, 6.45) is 0.670. The van der Waals surface area contributed by atoms with Gasteiger partial charge in [0.05, 0.1) is 12.5 Å². The Morgan fingerprint density at radius 3 is 3.00 bits per heavy atom. The highest BCUT2D eigenvalue weighted by molar-refractivity contribution is 5.75. The zero-order valence-electron chi connectivity index (χ0n) is 9.50. The van der Waals surface area contributed by atoms with Crippen LogP contribution in [0.5, 0.6) is 5.75 Å². The van der Waals surface area contributed by atoms with Gasteiger partial charge in [0.15, 0.2) is 5.82 Å². The maximum atomic E-state index is 13.7. The van der Waals surface area contributed by atoms with Crippen molar-refractivity contribution < 1.29 is 19.0 Å². The van der Waals surface area contributed by atoms with E-state index in [9.17, 15) is 14.3 Å². The molecule has 1 aliphatic rings. The number of carbonyl (C=O) groups excluding carboxylic acids is 1. The minimum absolute atomic E-state index is 0.256. The molecule has 0 heterocycles. The van der Waals surface area contributed by atoms with Crippen molar-refractivity contribution in [1.29, 1.82) is 0 Å². The van der Waals surface area contributed by atoms with Crippen molar-refractivity contribution in [1.82, 2.24) is 0 Å². The highest BCUT2D eigenvalue weighted by Crippen LogP contribution is 2.36. The molecule has 1 aromatic rings. The van der Waals surface area contributed by atoms with E-state index in [0.29, 0.717) is 24.2 Å². The molecule has 0 saturated carbocycles. The summed E-state index contributed by atoms with van der Waals surface area (Å²) in [5.74, 6) is -1.60. The number of fused-ring (bicyclic) bond motifs is 1. The van der Waals surface area contributed by atoms with Gasteiger partial charge in [-0.2, -0.15) is 0 Å². The van der Waals surface area contributed by atoms with E-state index in [1.807, 2.05) is 0 Å². The summed E-state index contributed by atoms with van der Waals surface area (Å²) in [6.45, 7) is 2.03. The number of phenolic OH excluding ortho intramolecular Hbond substituents is 1. The second-order valence-corrected chi connectivity index (χ2v) is 4.12. The number of aromatic hydroxyl groups is 1. The number of phenols is 1. The summed E-state index contributed by atoms with van der Waals surface area (Å²) in [5, 5.41) is 9.41. The number of nitrogens with two attached hydrogens (primary N) is 1. The molecule has 0 fully saturated rings. The van der Waals surface area contributed by atoms with Crippen LogP contribution in [0.3, 0.4) is 0 Å². The lowest BCUT2D eigenvalue weighted by molar-refractivity contribution is -0.147. The molecule has 0 amide bonds. The zero-order chi connectivity index (χ0) is 12.6. The number of ether oxygens (including phenoxy) is 1. The minimum atomic E-state index is -0.619. The second-order valence-electron chi connectivity index (χ2n) is 4.12. The van der Waals surface area contributed by atoms with Crippen molar-refractivity contribution in [3.8, 4) is 5.75 Å². The van der Waals surface area contributed by atoms with E-state index < -0.39 is 5.82 Å². The summed E-state index contributed by atoms with van der Waals surface area (Å²) in [7, 11) is 0. The number of benzene rings is 1. The lowest BCUT2D eigenvalue weighted by Crippen LogP contribution is -2.17. The molecule has 0 saturated heterocycles. The maximum Gasteiger partial charge on any atom is 0.309 e. The molecule has 0 spiro atoms. The molecule has 1 unspecified atom stereocenters. The lowest BCUT2D eigenvalue weighted by atomic mass is 10.1. The molecule has 0 aromatic heterocycles. The van der Waals surface area contributed by atoms with E-state index >= 15 is 0 Å². The third-order valence-corrected chi connectivity index (χ3v) is 3.01. The smallest absolute Gasteiger partial charge is 0.309 e. The van der Waals surface area contributed by atoms with E-state index in [-0.39, 0.29) is 29.7 Å². The van der Waals surface area contributed by atoms with Gasteiger partial charge in [-0.15, -0.1) is 0 Å². The highest BCUT2D eigenvalue weighted by Gasteiger charge is 2.32. The van der Waals surface area contributed by atoms with Crippen LogP contribution in [0, 0.1) is 11.7 Å². The van der Waals surface area contributed by atoms with Gasteiger partial charge in [0, 0.05) is 0 Å². The molecule has 2 rings (SSSR count). The van der Waals surface area contributed by atoms with Gasteiger partial charge in [0.25, 0.3) is 0 Å². The predicted molar refractivity (Wildman–Crippen MR) is 60.0 cm³/mol. The third-order valence-electron chi connectivity index (χ3n) is 3.01.